The lowest BCUT2D eigenvalue weighted by molar-refractivity contribution is -0.109. The van der Waals surface area contributed by atoms with Crippen molar-refractivity contribution in [2.24, 2.45) is 4.40 Å². The fourth-order valence-corrected chi connectivity index (χ4v) is 2.81. The summed E-state index contributed by atoms with van der Waals surface area (Å²) >= 11 is 0. The lowest BCUT2D eigenvalue weighted by Crippen LogP contribution is -2.43. The number of nitrogens with zero attached hydrogens (tertiary/aromatic N) is 1. The van der Waals surface area contributed by atoms with E-state index in [-0.39, 0.29) is 4.75 Å². The first-order valence-electron chi connectivity index (χ1n) is 6.22. The van der Waals surface area contributed by atoms with Crippen molar-refractivity contribution < 1.29 is 13.7 Å². The van der Waals surface area contributed by atoms with Gasteiger partial charge < -0.3 is 9.47 Å². The van der Waals surface area contributed by atoms with E-state index >= 15 is 0 Å². The van der Waals surface area contributed by atoms with Crippen LogP contribution in [0.25, 0.3) is 0 Å². The SMILES string of the molecule is CC(C)(C)S(=O)N=C1CCCCC12OCCO2. The molecule has 4 nitrogen and oxygen atoms in total. The second-order valence-corrected chi connectivity index (χ2v) is 7.46. The summed E-state index contributed by atoms with van der Waals surface area (Å²) < 4.78 is 27.6. The molecular weight excluding hydrogens is 238 g/mol. The zero-order chi connectivity index (χ0) is 12.5. The normalized spacial score (nSPS) is 28.8. The van der Waals surface area contributed by atoms with Gasteiger partial charge in [-0.25, -0.2) is 4.21 Å². The third-order valence-corrected chi connectivity index (χ3v) is 4.51. The van der Waals surface area contributed by atoms with E-state index in [1.165, 1.54) is 0 Å². The minimum Gasteiger partial charge on any atom is -0.342 e. The summed E-state index contributed by atoms with van der Waals surface area (Å²) in [5.74, 6) is -0.654. The predicted molar refractivity (Wildman–Crippen MR) is 68.4 cm³/mol. The summed E-state index contributed by atoms with van der Waals surface area (Å²) in [6.45, 7) is 7.01. The number of hydrogen-bond donors (Lipinski definition) is 0. The quantitative estimate of drug-likeness (QED) is 0.725. The van der Waals surface area contributed by atoms with Crippen molar-refractivity contribution >= 4 is 16.7 Å². The highest BCUT2D eigenvalue weighted by atomic mass is 32.2. The molecule has 98 valence electrons. The third-order valence-electron chi connectivity index (χ3n) is 3.08. The molecule has 1 saturated heterocycles. The first kappa shape index (κ1) is 13.2. The number of rotatable bonds is 1. The molecule has 1 unspecified atom stereocenters. The highest BCUT2D eigenvalue weighted by Gasteiger charge is 2.44. The van der Waals surface area contributed by atoms with Gasteiger partial charge in [-0.1, -0.05) is 0 Å². The van der Waals surface area contributed by atoms with Gasteiger partial charge in [0.15, 0.2) is 0 Å². The van der Waals surface area contributed by atoms with Gasteiger partial charge in [0.2, 0.25) is 5.79 Å². The molecule has 1 spiro atoms. The van der Waals surface area contributed by atoms with Crippen molar-refractivity contribution in [2.75, 3.05) is 13.2 Å². The Bertz CT molecular complexity index is 340. The molecule has 2 aliphatic rings. The molecule has 1 aliphatic heterocycles. The summed E-state index contributed by atoms with van der Waals surface area (Å²) in [6, 6.07) is 0. The smallest absolute Gasteiger partial charge is 0.209 e. The topological polar surface area (TPSA) is 47.9 Å². The molecule has 0 amide bonds. The van der Waals surface area contributed by atoms with E-state index in [0.717, 1.165) is 31.4 Å². The monoisotopic (exact) mass is 259 g/mol. The van der Waals surface area contributed by atoms with Crippen molar-refractivity contribution in [3.05, 3.63) is 0 Å². The summed E-state index contributed by atoms with van der Waals surface area (Å²) in [4.78, 5) is 0. The van der Waals surface area contributed by atoms with Crippen LogP contribution in [0.2, 0.25) is 0 Å². The van der Waals surface area contributed by atoms with Crippen LogP contribution < -0.4 is 0 Å². The van der Waals surface area contributed by atoms with E-state index in [9.17, 15) is 4.21 Å². The van der Waals surface area contributed by atoms with Crippen molar-refractivity contribution in [2.45, 2.75) is 57.0 Å². The van der Waals surface area contributed by atoms with Gasteiger partial charge in [0, 0.05) is 6.42 Å². The first-order valence-corrected chi connectivity index (χ1v) is 7.33. The summed E-state index contributed by atoms with van der Waals surface area (Å²) in [5, 5.41) is 0. The van der Waals surface area contributed by atoms with E-state index in [2.05, 4.69) is 4.40 Å². The van der Waals surface area contributed by atoms with Gasteiger partial charge in [0.25, 0.3) is 0 Å². The van der Waals surface area contributed by atoms with Crippen molar-refractivity contribution in [3.63, 3.8) is 0 Å². The maximum Gasteiger partial charge on any atom is 0.209 e. The number of ether oxygens (including phenoxy) is 2. The van der Waals surface area contributed by atoms with Gasteiger partial charge in [-0.15, -0.1) is 0 Å². The van der Waals surface area contributed by atoms with Crippen LogP contribution >= 0.6 is 0 Å². The van der Waals surface area contributed by atoms with Crippen LogP contribution in [0.15, 0.2) is 4.40 Å². The van der Waals surface area contributed by atoms with Gasteiger partial charge >= 0.3 is 0 Å². The van der Waals surface area contributed by atoms with Gasteiger partial charge in [-0.3, -0.25) is 0 Å². The number of hydrogen-bond acceptors (Lipinski definition) is 3. The molecule has 1 heterocycles. The van der Waals surface area contributed by atoms with Gasteiger partial charge in [-0.05, 0) is 40.0 Å². The lowest BCUT2D eigenvalue weighted by Gasteiger charge is -2.33. The first-order chi connectivity index (χ1) is 7.94. The Labute approximate surface area is 105 Å². The zero-order valence-electron chi connectivity index (χ0n) is 10.8. The molecule has 2 fully saturated rings. The van der Waals surface area contributed by atoms with E-state index in [1.54, 1.807) is 0 Å². The standard InChI is InChI=1S/C12H21NO3S/c1-11(2,3)17(14)13-10-6-4-5-7-12(10)15-8-9-16-12/h4-9H2,1-3H3. The lowest BCUT2D eigenvalue weighted by atomic mass is 9.92. The predicted octanol–water partition coefficient (Wildman–Crippen LogP) is 2.21. The van der Waals surface area contributed by atoms with Gasteiger partial charge in [0.1, 0.15) is 11.0 Å². The molecule has 0 radical (unpaired) electrons. The highest BCUT2D eigenvalue weighted by Crippen LogP contribution is 2.34. The molecule has 1 aliphatic carbocycles. The second kappa shape index (κ2) is 4.78. The van der Waals surface area contributed by atoms with E-state index in [1.807, 2.05) is 20.8 Å². The fraction of sp³-hybridized carbons (Fsp3) is 0.917. The molecule has 0 aromatic heterocycles. The van der Waals surface area contributed by atoms with Crippen molar-refractivity contribution in [1.82, 2.24) is 0 Å². The van der Waals surface area contributed by atoms with Crippen LogP contribution in [0.5, 0.6) is 0 Å². The molecule has 0 aromatic carbocycles. The summed E-state index contributed by atoms with van der Waals surface area (Å²) in [6.07, 6.45) is 3.84. The molecule has 17 heavy (non-hydrogen) atoms. The fourth-order valence-electron chi connectivity index (χ4n) is 2.10. The Balaban J connectivity index is 2.22. The Morgan fingerprint density at radius 3 is 2.47 bits per heavy atom. The van der Waals surface area contributed by atoms with Crippen LogP contribution in [-0.4, -0.2) is 33.7 Å². The van der Waals surface area contributed by atoms with Crippen molar-refractivity contribution in [3.8, 4) is 0 Å². The van der Waals surface area contributed by atoms with Crippen LogP contribution in [0.3, 0.4) is 0 Å². The molecule has 1 saturated carbocycles. The molecular formula is C12H21NO3S. The van der Waals surface area contributed by atoms with Gasteiger partial charge in [0.05, 0.1) is 23.7 Å². The molecule has 2 rings (SSSR count). The molecule has 5 heteroatoms. The minimum atomic E-state index is -1.23. The highest BCUT2D eigenvalue weighted by molar-refractivity contribution is 7.85. The Morgan fingerprint density at radius 1 is 1.24 bits per heavy atom. The Kier molecular flexibility index (Phi) is 3.71. The Morgan fingerprint density at radius 2 is 1.88 bits per heavy atom. The average molecular weight is 259 g/mol. The van der Waals surface area contributed by atoms with Crippen LogP contribution in [0.1, 0.15) is 46.5 Å². The summed E-state index contributed by atoms with van der Waals surface area (Å²) in [7, 11) is -1.23. The molecule has 0 aromatic rings. The third kappa shape index (κ3) is 2.77. The van der Waals surface area contributed by atoms with E-state index < -0.39 is 16.8 Å². The van der Waals surface area contributed by atoms with Gasteiger partial charge in [-0.2, -0.15) is 4.40 Å². The summed E-state index contributed by atoms with van der Waals surface area (Å²) in [5.41, 5.74) is 0.842. The van der Waals surface area contributed by atoms with Crippen LogP contribution in [0, 0.1) is 0 Å². The largest absolute Gasteiger partial charge is 0.342 e. The molecule has 0 bridgehead atoms. The van der Waals surface area contributed by atoms with E-state index in [0.29, 0.717) is 13.2 Å². The maximum absolute atomic E-state index is 12.1. The minimum absolute atomic E-state index is 0.329. The molecule has 1 atom stereocenters. The second-order valence-electron chi connectivity index (χ2n) is 5.56. The Hall–Kier alpha value is -0.260. The maximum atomic E-state index is 12.1. The van der Waals surface area contributed by atoms with Crippen LogP contribution in [-0.2, 0) is 20.5 Å². The van der Waals surface area contributed by atoms with E-state index in [4.69, 9.17) is 9.47 Å². The van der Waals surface area contributed by atoms with Crippen LogP contribution in [0.4, 0.5) is 0 Å². The average Bonchev–Trinajstić information content (AvgIpc) is 2.70. The molecule has 0 N–H and O–H groups in total. The zero-order valence-corrected chi connectivity index (χ0v) is 11.6. The van der Waals surface area contributed by atoms with Crippen molar-refractivity contribution in [1.29, 1.82) is 0 Å².